The second kappa shape index (κ2) is 7.40. The largest absolute Gasteiger partial charge is 0.451 e. The lowest BCUT2D eigenvalue weighted by molar-refractivity contribution is 0.0668. The summed E-state index contributed by atoms with van der Waals surface area (Å²) in [6.45, 7) is 0.792. The molecule has 2 aromatic carbocycles. The molecule has 9 heteroatoms. The molecule has 1 aliphatic heterocycles. The van der Waals surface area contributed by atoms with E-state index in [1.165, 1.54) is 16.4 Å². The molecule has 0 bridgehead atoms. The van der Waals surface area contributed by atoms with E-state index in [2.05, 4.69) is 0 Å². The van der Waals surface area contributed by atoms with Crippen LogP contribution in [0.4, 0.5) is 0 Å². The molecule has 0 saturated carbocycles. The fraction of sp³-hybridized carbons (Fsp3) is 0.211. The molecule has 0 spiro atoms. The number of hydrogen-bond acceptors (Lipinski definition) is 4. The van der Waals surface area contributed by atoms with Crippen LogP contribution < -0.4 is 0 Å². The highest BCUT2D eigenvalue weighted by molar-refractivity contribution is 7.89. The molecular weight excluding hydrogens is 423 g/mol. The van der Waals surface area contributed by atoms with Gasteiger partial charge in [-0.05, 0) is 24.3 Å². The van der Waals surface area contributed by atoms with E-state index < -0.39 is 10.0 Å². The van der Waals surface area contributed by atoms with Crippen molar-refractivity contribution in [2.75, 3.05) is 26.2 Å². The van der Waals surface area contributed by atoms with Gasteiger partial charge in [-0.15, -0.1) is 0 Å². The molecule has 0 aliphatic carbocycles. The summed E-state index contributed by atoms with van der Waals surface area (Å²) in [6.07, 6.45) is 0. The van der Waals surface area contributed by atoms with Crippen molar-refractivity contribution in [3.63, 3.8) is 0 Å². The summed E-state index contributed by atoms with van der Waals surface area (Å²) in [7, 11) is -3.85. The topological polar surface area (TPSA) is 70.8 Å². The summed E-state index contributed by atoms with van der Waals surface area (Å²) in [5.41, 5.74) is 0.639. The number of sulfonamides is 1. The third-order valence-corrected chi connectivity index (χ3v) is 7.53. The molecule has 4 rings (SSSR count). The van der Waals surface area contributed by atoms with E-state index in [0.717, 1.165) is 5.39 Å². The lowest BCUT2D eigenvalue weighted by Crippen LogP contribution is -2.50. The first kappa shape index (κ1) is 19.3. The van der Waals surface area contributed by atoms with Crippen molar-refractivity contribution in [2.24, 2.45) is 0 Å². The first-order chi connectivity index (χ1) is 13.4. The highest BCUT2D eigenvalue weighted by Crippen LogP contribution is 2.32. The van der Waals surface area contributed by atoms with Crippen LogP contribution in [0.1, 0.15) is 10.6 Å². The van der Waals surface area contributed by atoms with E-state index in [4.69, 9.17) is 27.6 Å². The number of hydrogen-bond donors (Lipinski definition) is 0. The maximum atomic E-state index is 12.9. The Morgan fingerprint density at radius 1 is 0.929 bits per heavy atom. The average Bonchev–Trinajstić information content (AvgIpc) is 3.11. The minimum atomic E-state index is -3.85. The fourth-order valence-electron chi connectivity index (χ4n) is 3.23. The Hall–Kier alpha value is -2.06. The number of piperazine rings is 1. The molecule has 1 amide bonds. The number of benzene rings is 2. The molecule has 6 nitrogen and oxygen atoms in total. The van der Waals surface area contributed by atoms with Crippen molar-refractivity contribution < 1.29 is 17.6 Å². The van der Waals surface area contributed by atoms with Crippen LogP contribution in [-0.4, -0.2) is 49.7 Å². The molecule has 1 aliphatic rings. The van der Waals surface area contributed by atoms with Crippen molar-refractivity contribution >= 4 is 50.1 Å². The van der Waals surface area contributed by atoms with Crippen LogP contribution in [0, 0.1) is 0 Å². The Kier molecular flexibility index (Phi) is 5.09. The maximum absolute atomic E-state index is 12.9. The molecule has 2 heterocycles. The Morgan fingerprint density at radius 3 is 2.21 bits per heavy atom. The zero-order chi connectivity index (χ0) is 19.9. The van der Waals surface area contributed by atoms with Gasteiger partial charge in [-0.3, -0.25) is 4.79 Å². The number of carbonyl (C=O) groups is 1. The van der Waals surface area contributed by atoms with E-state index in [-0.39, 0.29) is 52.8 Å². The number of amides is 1. The summed E-state index contributed by atoms with van der Waals surface area (Å²) in [6, 6.07) is 13.6. The quantitative estimate of drug-likeness (QED) is 0.621. The van der Waals surface area contributed by atoms with Crippen LogP contribution in [0.5, 0.6) is 0 Å². The lowest BCUT2D eigenvalue weighted by Gasteiger charge is -2.33. The predicted octanol–water partition coefficient (Wildman–Crippen LogP) is 3.89. The van der Waals surface area contributed by atoms with Gasteiger partial charge < -0.3 is 9.32 Å². The molecule has 0 atom stereocenters. The number of furan rings is 1. The predicted molar refractivity (Wildman–Crippen MR) is 107 cm³/mol. The van der Waals surface area contributed by atoms with Crippen molar-refractivity contribution in [3.8, 4) is 0 Å². The zero-order valence-corrected chi connectivity index (χ0v) is 17.0. The van der Waals surface area contributed by atoms with Gasteiger partial charge >= 0.3 is 0 Å². The van der Waals surface area contributed by atoms with Crippen LogP contribution in [0.2, 0.25) is 10.0 Å². The Morgan fingerprint density at radius 2 is 1.57 bits per heavy atom. The molecule has 0 radical (unpaired) electrons. The summed E-state index contributed by atoms with van der Waals surface area (Å²) >= 11 is 12.1. The van der Waals surface area contributed by atoms with E-state index in [9.17, 15) is 13.2 Å². The van der Waals surface area contributed by atoms with Crippen molar-refractivity contribution in [1.82, 2.24) is 9.21 Å². The highest BCUT2D eigenvalue weighted by atomic mass is 35.5. The number of rotatable bonds is 3. The number of carbonyl (C=O) groups excluding carboxylic acids is 1. The van der Waals surface area contributed by atoms with E-state index >= 15 is 0 Å². The van der Waals surface area contributed by atoms with Crippen LogP contribution in [0.15, 0.2) is 57.8 Å². The highest BCUT2D eigenvalue weighted by Gasteiger charge is 2.33. The van der Waals surface area contributed by atoms with E-state index in [1.807, 2.05) is 18.2 Å². The zero-order valence-electron chi connectivity index (χ0n) is 14.6. The monoisotopic (exact) mass is 438 g/mol. The fourth-order valence-corrected chi connectivity index (χ4v) is 5.75. The van der Waals surface area contributed by atoms with Gasteiger partial charge in [0.15, 0.2) is 5.76 Å². The first-order valence-corrected chi connectivity index (χ1v) is 10.8. The molecule has 0 unspecified atom stereocenters. The van der Waals surface area contributed by atoms with Crippen molar-refractivity contribution in [2.45, 2.75) is 4.90 Å². The molecule has 1 fully saturated rings. The normalized spacial score (nSPS) is 15.9. The van der Waals surface area contributed by atoms with E-state index in [0.29, 0.717) is 5.58 Å². The first-order valence-electron chi connectivity index (χ1n) is 8.60. The summed E-state index contributed by atoms with van der Waals surface area (Å²) in [5.74, 6) is -0.0179. The van der Waals surface area contributed by atoms with Gasteiger partial charge in [0.1, 0.15) is 10.5 Å². The van der Waals surface area contributed by atoms with Gasteiger partial charge in [0, 0.05) is 31.6 Å². The van der Waals surface area contributed by atoms with Crippen LogP contribution in [-0.2, 0) is 10.0 Å². The third-order valence-electron chi connectivity index (χ3n) is 4.68. The maximum Gasteiger partial charge on any atom is 0.289 e. The number of para-hydroxylation sites is 1. The van der Waals surface area contributed by atoms with Gasteiger partial charge in [-0.25, -0.2) is 8.42 Å². The average molecular weight is 439 g/mol. The minimum Gasteiger partial charge on any atom is -0.451 e. The van der Waals surface area contributed by atoms with Gasteiger partial charge in [0.2, 0.25) is 10.0 Å². The Labute approximate surface area is 172 Å². The number of halogens is 2. The second-order valence-corrected chi connectivity index (χ2v) is 9.08. The van der Waals surface area contributed by atoms with E-state index in [1.54, 1.807) is 23.1 Å². The SMILES string of the molecule is O=C(c1cc2ccccc2o1)N1CCN(S(=O)(=O)c2c(Cl)cccc2Cl)CC1. The standard InChI is InChI=1S/C19H16Cl2N2O4S/c20-14-5-3-6-15(21)18(14)28(25,26)23-10-8-22(9-11-23)19(24)17-12-13-4-1-2-7-16(13)27-17/h1-7,12H,8-11H2. The number of fused-ring (bicyclic) bond motifs is 1. The Balaban J connectivity index is 1.50. The smallest absolute Gasteiger partial charge is 0.289 e. The molecule has 0 N–H and O–H groups in total. The number of nitrogens with zero attached hydrogens (tertiary/aromatic N) is 2. The molecule has 3 aromatic rings. The molecule has 146 valence electrons. The van der Waals surface area contributed by atoms with Crippen molar-refractivity contribution in [3.05, 3.63) is 64.3 Å². The summed E-state index contributed by atoms with van der Waals surface area (Å²) < 4.78 is 32.8. The van der Waals surface area contributed by atoms with Crippen LogP contribution >= 0.6 is 23.2 Å². The van der Waals surface area contributed by atoms with Crippen molar-refractivity contribution in [1.29, 1.82) is 0 Å². The molecular formula is C19H16Cl2N2O4S. The molecule has 1 aromatic heterocycles. The van der Waals surface area contributed by atoms with Gasteiger partial charge in [0.25, 0.3) is 5.91 Å². The van der Waals surface area contributed by atoms with Crippen LogP contribution in [0.3, 0.4) is 0 Å². The third kappa shape index (κ3) is 3.39. The summed E-state index contributed by atoms with van der Waals surface area (Å²) in [5, 5.41) is 1.00. The van der Waals surface area contributed by atoms with Gasteiger partial charge in [-0.1, -0.05) is 47.5 Å². The minimum absolute atomic E-state index is 0.0771. The van der Waals surface area contributed by atoms with Crippen LogP contribution in [0.25, 0.3) is 11.0 Å². The lowest BCUT2D eigenvalue weighted by atomic mass is 10.2. The molecule has 28 heavy (non-hydrogen) atoms. The van der Waals surface area contributed by atoms with Gasteiger partial charge in [-0.2, -0.15) is 4.31 Å². The summed E-state index contributed by atoms with van der Waals surface area (Å²) in [4.78, 5) is 14.2. The molecule has 1 saturated heterocycles. The van der Waals surface area contributed by atoms with Gasteiger partial charge in [0.05, 0.1) is 10.0 Å². The Bertz CT molecular complexity index is 1100. The second-order valence-electron chi connectivity index (χ2n) is 6.40.